The third kappa shape index (κ3) is 1.99. The van der Waals surface area contributed by atoms with Crippen LogP contribution in [0.15, 0.2) is 29.2 Å². The van der Waals surface area contributed by atoms with Crippen LogP contribution in [0.1, 0.15) is 11.4 Å². The summed E-state index contributed by atoms with van der Waals surface area (Å²) in [5, 5.41) is 7.18. The topological polar surface area (TPSA) is 54.7 Å². The van der Waals surface area contributed by atoms with Gasteiger partial charge in [0.05, 0.1) is 5.69 Å². The Morgan fingerprint density at radius 2 is 2.00 bits per heavy atom. The molecule has 1 heterocycles. The summed E-state index contributed by atoms with van der Waals surface area (Å²) in [7, 11) is 0. The van der Waals surface area contributed by atoms with E-state index in [9.17, 15) is 0 Å². The van der Waals surface area contributed by atoms with E-state index in [1.807, 2.05) is 6.92 Å². The van der Waals surface area contributed by atoms with Gasteiger partial charge in [-0.05, 0) is 30.9 Å². The predicted molar refractivity (Wildman–Crippen MR) is 68.4 cm³/mol. The van der Waals surface area contributed by atoms with Crippen molar-refractivity contribution >= 4 is 11.8 Å². The van der Waals surface area contributed by atoms with E-state index in [1.165, 1.54) is 10.5 Å². The maximum Gasteiger partial charge on any atom is 0.0838 e. The molecule has 0 saturated heterocycles. The minimum Gasteiger partial charge on any atom is -0.325 e. The van der Waals surface area contributed by atoms with Crippen molar-refractivity contribution in [1.82, 2.24) is 10.2 Å². The summed E-state index contributed by atoms with van der Waals surface area (Å²) in [6, 6.07) is 8.46. The second kappa shape index (κ2) is 4.72. The molecule has 0 aliphatic heterocycles. The summed E-state index contributed by atoms with van der Waals surface area (Å²) in [5.41, 5.74) is 9.97. The van der Waals surface area contributed by atoms with Crippen LogP contribution in [0.2, 0.25) is 0 Å². The highest BCUT2D eigenvalue weighted by molar-refractivity contribution is 7.98. The maximum absolute atomic E-state index is 5.67. The molecule has 84 valence electrons. The summed E-state index contributed by atoms with van der Waals surface area (Å²) in [4.78, 5) is 1.26. The van der Waals surface area contributed by atoms with Gasteiger partial charge < -0.3 is 5.73 Å². The lowest BCUT2D eigenvalue weighted by atomic mass is 10.0. The third-order valence-electron chi connectivity index (χ3n) is 2.59. The Morgan fingerprint density at radius 1 is 1.31 bits per heavy atom. The number of benzene rings is 1. The number of nitrogens with zero attached hydrogens (tertiary/aromatic N) is 1. The fourth-order valence-electron chi connectivity index (χ4n) is 1.77. The van der Waals surface area contributed by atoms with E-state index >= 15 is 0 Å². The lowest BCUT2D eigenvalue weighted by Gasteiger charge is -2.03. The van der Waals surface area contributed by atoms with Crippen molar-refractivity contribution in [3.63, 3.8) is 0 Å². The SMILES string of the molecule is CSc1ccc(-c2c(CN)n[nH]c2C)cc1. The van der Waals surface area contributed by atoms with Crippen molar-refractivity contribution in [3.8, 4) is 11.1 Å². The van der Waals surface area contributed by atoms with Gasteiger partial charge in [-0.15, -0.1) is 11.8 Å². The van der Waals surface area contributed by atoms with E-state index in [0.29, 0.717) is 6.54 Å². The average Bonchev–Trinajstić information content (AvgIpc) is 2.70. The molecular formula is C12H15N3S. The van der Waals surface area contributed by atoms with Crippen LogP contribution in [0, 0.1) is 6.92 Å². The second-order valence-electron chi connectivity index (χ2n) is 3.60. The highest BCUT2D eigenvalue weighted by Gasteiger charge is 2.10. The second-order valence-corrected chi connectivity index (χ2v) is 4.48. The molecule has 2 rings (SSSR count). The molecule has 16 heavy (non-hydrogen) atoms. The summed E-state index contributed by atoms with van der Waals surface area (Å²) in [5.74, 6) is 0. The molecule has 3 nitrogen and oxygen atoms in total. The molecule has 0 fully saturated rings. The van der Waals surface area contributed by atoms with E-state index < -0.39 is 0 Å². The summed E-state index contributed by atoms with van der Waals surface area (Å²) in [6.07, 6.45) is 2.07. The molecule has 0 amide bonds. The molecule has 3 N–H and O–H groups in total. The molecule has 1 aromatic carbocycles. The largest absolute Gasteiger partial charge is 0.325 e. The monoisotopic (exact) mass is 233 g/mol. The smallest absolute Gasteiger partial charge is 0.0838 e. The van der Waals surface area contributed by atoms with Gasteiger partial charge in [0.25, 0.3) is 0 Å². The fourth-order valence-corrected chi connectivity index (χ4v) is 2.18. The van der Waals surface area contributed by atoms with Crippen LogP contribution in [0.25, 0.3) is 11.1 Å². The number of hydrogen-bond acceptors (Lipinski definition) is 3. The van der Waals surface area contributed by atoms with Gasteiger partial charge >= 0.3 is 0 Å². The first kappa shape index (κ1) is 11.2. The first-order chi connectivity index (χ1) is 7.76. The van der Waals surface area contributed by atoms with E-state index in [4.69, 9.17) is 5.73 Å². The number of aryl methyl sites for hydroxylation is 1. The Bertz CT molecular complexity index is 474. The zero-order valence-corrected chi connectivity index (χ0v) is 10.3. The first-order valence-corrected chi connectivity index (χ1v) is 6.37. The van der Waals surface area contributed by atoms with Crippen molar-refractivity contribution in [2.24, 2.45) is 5.73 Å². The summed E-state index contributed by atoms with van der Waals surface area (Å²) < 4.78 is 0. The van der Waals surface area contributed by atoms with Crippen LogP contribution in [0.3, 0.4) is 0 Å². The highest BCUT2D eigenvalue weighted by Crippen LogP contribution is 2.27. The fraction of sp³-hybridized carbons (Fsp3) is 0.250. The Balaban J connectivity index is 2.45. The van der Waals surface area contributed by atoms with Crippen molar-refractivity contribution < 1.29 is 0 Å². The van der Waals surface area contributed by atoms with Gasteiger partial charge in [-0.25, -0.2) is 0 Å². The van der Waals surface area contributed by atoms with Crippen LogP contribution >= 0.6 is 11.8 Å². The van der Waals surface area contributed by atoms with Crippen LogP contribution in [-0.4, -0.2) is 16.5 Å². The molecule has 4 heteroatoms. The first-order valence-electron chi connectivity index (χ1n) is 5.14. The van der Waals surface area contributed by atoms with Gasteiger partial charge in [-0.3, -0.25) is 5.10 Å². The van der Waals surface area contributed by atoms with Gasteiger partial charge in [0.1, 0.15) is 0 Å². The number of nitrogens with one attached hydrogen (secondary N) is 1. The minimum atomic E-state index is 0.462. The maximum atomic E-state index is 5.67. The van der Waals surface area contributed by atoms with Gasteiger partial charge in [0, 0.05) is 22.7 Å². The highest BCUT2D eigenvalue weighted by atomic mass is 32.2. The number of rotatable bonds is 3. The summed E-state index contributed by atoms with van der Waals surface area (Å²) in [6.45, 7) is 2.48. The van der Waals surface area contributed by atoms with Crippen molar-refractivity contribution in [2.45, 2.75) is 18.4 Å². The molecule has 0 atom stereocenters. The van der Waals surface area contributed by atoms with Crippen molar-refractivity contribution in [3.05, 3.63) is 35.7 Å². The summed E-state index contributed by atoms with van der Waals surface area (Å²) >= 11 is 1.74. The number of H-pyrrole nitrogens is 1. The number of aromatic nitrogens is 2. The molecule has 2 aromatic rings. The predicted octanol–water partition coefficient (Wildman–Crippen LogP) is 2.57. The van der Waals surface area contributed by atoms with Crippen LogP contribution < -0.4 is 5.73 Å². The molecule has 0 saturated carbocycles. The van der Waals surface area contributed by atoms with E-state index in [-0.39, 0.29) is 0 Å². The normalized spacial score (nSPS) is 10.7. The minimum absolute atomic E-state index is 0.462. The molecule has 0 radical (unpaired) electrons. The van der Waals surface area contributed by atoms with Crippen LogP contribution in [0.4, 0.5) is 0 Å². The number of aromatic amines is 1. The molecule has 0 bridgehead atoms. The average molecular weight is 233 g/mol. The molecule has 0 aliphatic carbocycles. The number of thioether (sulfide) groups is 1. The zero-order valence-electron chi connectivity index (χ0n) is 9.45. The van der Waals surface area contributed by atoms with Gasteiger partial charge in [0.15, 0.2) is 0 Å². The lowest BCUT2D eigenvalue weighted by molar-refractivity contribution is 0.940. The number of hydrogen-bond donors (Lipinski definition) is 2. The Kier molecular flexibility index (Phi) is 3.31. The van der Waals surface area contributed by atoms with Gasteiger partial charge in [0.2, 0.25) is 0 Å². The molecular weight excluding hydrogens is 218 g/mol. The molecule has 0 aliphatic rings. The molecule has 1 aromatic heterocycles. The van der Waals surface area contributed by atoms with E-state index in [1.54, 1.807) is 11.8 Å². The Hall–Kier alpha value is -1.26. The van der Waals surface area contributed by atoms with Crippen LogP contribution in [-0.2, 0) is 6.54 Å². The Labute approximate surface area is 99.4 Å². The standard InChI is InChI=1S/C12H15N3S/c1-8-12(11(7-13)15-14-8)9-3-5-10(16-2)6-4-9/h3-6H,7,13H2,1-2H3,(H,14,15). The van der Waals surface area contributed by atoms with Crippen molar-refractivity contribution in [2.75, 3.05) is 6.26 Å². The molecule has 0 spiro atoms. The Morgan fingerprint density at radius 3 is 2.56 bits per heavy atom. The number of nitrogens with two attached hydrogens (primary N) is 1. The lowest BCUT2D eigenvalue weighted by Crippen LogP contribution is -1.98. The van der Waals surface area contributed by atoms with E-state index in [2.05, 4.69) is 40.7 Å². The van der Waals surface area contributed by atoms with Crippen molar-refractivity contribution in [1.29, 1.82) is 0 Å². The van der Waals surface area contributed by atoms with Crippen LogP contribution in [0.5, 0.6) is 0 Å². The third-order valence-corrected chi connectivity index (χ3v) is 3.34. The van der Waals surface area contributed by atoms with Gasteiger partial charge in [-0.2, -0.15) is 5.10 Å². The zero-order chi connectivity index (χ0) is 11.5. The quantitative estimate of drug-likeness (QED) is 0.801. The molecule has 0 unspecified atom stereocenters. The van der Waals surface area contributed by atoms with E-state index in [0.717, 1.165) is 17.0 Å². The van der Waals surface area contributed by atoms with Gasteiger partial charge in [-0.1, -0.05) is 12.1 Å².